The van der Waals surface area contributed by atoms with Crippen molar-refractivity contribution in [3.8, 4) is 5.75 Å². The van der Waals surface area contributed by atoms with E-state index < -0.39 is 12.0 Å². The SMILES string of the molecule is COC(=O)C(CC(C)C)NC(=O)/C=C/c1ccccc1OC. The van der Waals surface area contributed by atoms with Gasteiger partial charge in [0.1, 0.15) is 11.8 Å². The van der Waals surface area contributed by atoms with Gasteiger partial charge in [-0.1, -0.05) is 32.0 Å². The van der Waals surface area contributed by atoms with Gasteiger partial charge in [0.25, 0.3) is 0 Å². The first-order valence-electron chi connectivity index (χ1n) is 7.17. The van der Waals surface area contributed by atoms with Crippen molar-refractivity contribution in [3.63, 3.8) is 0 Å². The molecule has 0 aliphatic heterocycles. The Balaban J connectivity index is 2.74. The molecule has 0 saturated carbocycles. The van der Waals surface area contributed by atoms with Crippen LogP contribution in [0.4, 0.5) is 0 Å². The van der Waals surface area contributed by atoms with E-state index >= 15 is 0 Å². The smallest absolute Gasteiger partial charge is 0.328 e. The minimum Gasteiger partial charge on any atom is -0.496 e. The summed E-state index contributed by atoms with van der Waals surface area (Å²) in [5.41, 5.74) is 0.790. The van der Waals surface area contributed by atoms with Crippen molar-refractivity contribution in [3.05, 3.63) is 35.9 Å². The average molecular weight is 305 g/mol. The van der Waals surface area contributed by atoms with Crippen LogP contribution in [-0.4, -0.2) is 32.1 Å². The van der Waals surface area contributed by atoms with Crippen LogP contribution >= 0.6 is 0 Å². The molecule has 1 unspecified atom stereocenters. The maximum Gasteiger partial charge on any atom is 0.328 e. The molecule has 5 heteroatoms. The van der Waals surface area contributed by atoms with E-state index in [-0.39, 0.29) is 11.8 Å². The lowest BCUT2D eigenvalue weighted by atomic mass is 10.0. The van der Waals surface area contributed by atoms with E-state index in [4.69, 9.17) is 9.47 Å². The number of ether oxygens (including phenoxy) is 2. The Morgan fingerprint density at radius 3 is 2.50 bits per heavy atom. The molecule has 1 rings (SSSR count). The molecule has 0 aliphatic carbocycles. The maximum absolute atomic E-state index is 12.0. The van der Waals surface area contributed by atoms with E-state index in [9.17, 15) is 9.59 Å². The highest BCUT2D eigenvalue weighted by molar-refractivity contribution is 5.94. The highest BCUT2D eigenvalue weighted by atomic mass is 16.5. The topological polar surface area (TPSA) is 64.6 Å². The van der Waals surface area contributed by atoms with Gasteiger partial charge in [-0.3, -0.25) is 4.79 Å². The van der Waals surface area contributed by atoms with Gasteiger partial charge in [-0.25, -0.2) is 4.79 Å². The van der Waals surface area contributed by atoms with Gasteiger partial charge in [0.2, 0.25) is 5.91 Å². The quantitative estimate of drug-likeness (QED) is 0.620. The highest BCUT2D eigenvalue weighted by Crippen LogP contribution is 2.18. The molecule has 0 aromatic heterocycles. The highest BCUT2D eigenvalue weighted by Gasteiger charge is 2.21. The van der Waals surface area contributed by atoms with Crippen LogP contribution in [0.5, 0.6) is 5.75 Å². The summed E-state index contributed by atoms with van der Waals surface area (Å²) in [6, 6.07) is 6.73. The Kier molecular flexibility index (Phi) is 7.16. The predicted octanol–water partition coefficient (Wildman–Crippen LogP) is 2.41. The zero-order chi connectivity index (χ0) is 16.5. The summed E-state index contributed by atoms with van der Waals surface area (Å²) in [5, 5.41) is 2.67. The summed E-state index contributed by atoms with van der Waals surface area (Å²) in [6.07, 6.45) is 3.56. The number of rotatable bonds is 7. The van der Waals surface area contributed by atoms with Crippen molar-refractivity contribution in [1.29, 1.82) is 0 Å². The van der Waals surface area contributed by atoms with E-state index in [1.165, 1.54) is 13.2 Å². The molecule has 1 atom stereocenters. The van der Waals surface area contributed by atoms with Crippen molar-refractivity contribution in [2.24, 2.45) is 5.92 Å². The number of nitrogens with one attached hydrogen (secondary N) is 1. The molecule has 1 N–H and O–H groups in total. The summed E-state index contributed by atoms with van der Waals surface area (Å²) >= 11 is 0. The first-order chi connectivity index (χ1) is 10.5. The second kappa shape index (κ2) is 8.87. The molecular weight excluding hydrogens is 282 g/mol. The minimum atomic E-state index is -0.639. The number of carbonyl (C=O) groups excluding carboxylic acids is 2. The molecule has 0 radical (unpaired) electrons. The Morgan fingerprint density at radius 2 is 1.91 bits per heavy atom. The van der Waals surface area contributed by atoms with Crippen LogP contribution in [0.2, 0.25) is 0 Å². The summed E-state index contributed by atoms with van der Waals surface area (Å²) in [5.74, 6) is 0.163. The zero-order valence-corrected chi connectivity index (χ0v) is 13.5. The lowest BCUT2D eigenvalue weighted by Crippen LogP contribution is -2.41. The summed E-state index contributed by atoms with van der Waals surface area (Å²) < 4.78 is 9.93. The number of esters is 1. The third kappa shape index (κ3) is 5.60. The van der Waals surface area contributed by atoms with Crippen molar-refractivity contribution >= 4 is 18.0 Å². The normalized spacial score (nSPS) is 12.2. The van der Waals surface area contributed by atoms with E-state index in [2.05, 4.69) is 5.32 Å². The van der Waals surface area contributed by atoms with E-state index in [0.717, 1.165) is 5.56 Å². The number of benzene rings is 1. The molecule has 0 aliphatic rings. The van der Waals surface area contributed by atoms with Crippen LogP contribution in [0, 0.1) is 5.92 Å². The predicted molar refractivity (Wildman–Crippen MR) is 85.4 cm³/mol. The Bertz CT molecular complexity index is 537. The van der Waals surface area contributed by atoms with Crippen molar-refractivity contribution in [2.45, 2.75) is 26.3 Å². The number of hydrogen-bond acceptors (Lipinski definition) is 4. The van der Waals surface area contributed by atoms with Gasteiger partial charge in [0.15, 0.2) is 0 Å². The Morgan fingerprint density at radius 1 is 1.23 bits per heavy atom. The fraction of sp³-hybridized carbons (Fsp3) is 0.412. The average Bonchev–Trinajstić information content (AvgIpc) is 2.51. The first-order valence-corrected chi connectivity index (χ1v) is 7.17. The van der Waals surface area contributed by atoms with Gasteiger partial charge >= 0.3 is 5.97 Å². The monoisotopic (exact) mass is 305 g/mol. The molecule has 0 heterocycles. The first kappa shape index (κ1) is 17.8. The number of amides is 1. The standard InChI is InChI=1S/C17H23NO4/c1-12(2)11-14(17(20)22-4)18-16(19)10-9-13-7-5-6-8-15(13)21-3/h5-10,12,14H,11H2,1-4H3,(H,18,19)/b10-9+. The van der Waals surface area contributed by atoms with Crippen LogP contribution in [0.15, 0.2) is 30.3 Å². The van der Waals surface area contributed by atoms with Crippen LogP contribution in [0.3, 0.4) is 0 Å². The number of methoxy groups -OCH3 is 2. The van der Waals surface area contributed by atoms with Crippen LogP contribution in [0.25, 0.3) is 6.08 Å². The largest absolute Gasteiger partial charge is 0.496 e. The van der Waals surface area contributed by atoms with Gasteiger partial charge in [0, 0.05) is 11.6 Å². The minimum absolute atomic E-state index is 0.266. The van der Waals surface area contributed by atoms with Gasteiger partial charge in [-0.15, -0.1) is 0 Å². The summed E-state index contributed by atoms with van der Waals surface area (Å²) in [7, 11) is 2.88. The lowest BCUT2D eigenvalue weighted by molar-refractivity contribution is -0.145. The van der Waals surface area contributed by atoms with Gasteiger partial charge in [-0.2, -0.15) is 0 Å². The molecule has 0 fully saturated rings. The van der Waals surface area contributed by atoms with Crippen molar-refractivity contribution in [2.75, 3.05) is 14.2 Å². The zero-order valence-electron chi connectivity index (χ0n) is 13.5. The molecule has 1 amide bonds. The summed E-state index contributed by atoms with van der Waals surface area (Å²) in [4.78, 5) is 23.7. The van der Waals surface area contributed by atoms with Crippen LogP contribution in [0.1, 0.15) is 25.8 Å². The Labute approximate surface area is 131 Å². The second-order valence-electron chi connectivity index (χ2n) is 5.29. The Hall–Kier alpha value is -2.30. The van der Waals surface area contributed by atoms with Crippen molar-refractivity contribution in [1.82, 2.24) is 5.32 Å². The van der Waals surface area contributed by atoms with Gasteiger partial charge in [0.05, 0.1) is 14.2 Å². The van der Waals surface area contributed by atoms with Crippen LogP contribution < -0.4 is 10.1 Å². The van der Waals surface area contributed by atoms with Crippen molar-refractivity contribution < 1.29 is 19.1 Å². The molecule has 0 saturated heterocycles. The summed E-state index contributed by atoms with van der Waals surface area (Å²) in [6.45, 7) is 3.96. The van der Waals surface area contributed by atoms with Crippen LogP contribution in [-0.2, 0) is 14.3 Å². The number of hydrogen-bond donors (Lipinski definition) is 1. The second-order valence-corrected chi connectivity index (χ2v) is 5.29. The molecule has 120 valence electrons. The molecule has 0 bridgehead atoms. The van der Waals surface area contributed by atoms with E-state index in [1.54, 1.807) is 13.2 Å². The molecule has 1 aromatic rings. The molecular formula is C17H23NO4. The molecule has 1 aromatic carbocycles. The fourth-order valence-corrected chi connectivity index (χ4v) is 2.02. The maximum atomic E-state index is 12.0. The number of para-hydroxylation sites is 1. The lowest BCUT2D eigenvalue weighted by Gasteiger charge is -2.17. The van der Waals surface area contributed by atoms with E-state index in [1.807, 2.05) is 38.1 Å². The van der Waals surface area contributed by atoms with Gasteiger partial charge < -0.3 is 14.8 Å². The fourth-order valence-electron chi connectivity index (χ4n) is 2.02. The molecule has 22 heavy (non-hydrogen) atoms. The molecule has 5 nitrogen and oxygen atoms in total. The van der Waals surface area contributed by atoms with E-state index in [0.29, 0.717) is 12.2 Å². The van der Waals surface area contributed by atoms with Gasteiger partial charge in [-0.05, 0) is 24.5 Å². The third-order valence-corrected chi connectivity index (χ3v) is 3.06. The third-order valence-electron chi connectivity index (χ3n) is 3.06. The number of carbonyl (C=O) groups is 2. The molecule has 0 spiro atoms.